The third-order valence-corrected chi connectivity index (χ3v) is 2.25. The second-order valence-corrected chi connectivity index (χ2v) is 3.34. The summed E-state index contributed by atoms with van der Waals surface area (Å²) in [6, 6.07) is 6.72. The molecule has 0 aliphatic carbocycles. The number of carbonyl (C=O) groups is 1. The Labute approximate surface area is 92.2 Å². The molecule has 0 unspecified atom stereocenters. The molecule has 2 N–H and O–H groups in total. The highest BCUT2D eigenvalue weighted by Gasteiger charge is 2.01. The minimum Gasteiger partial charge on any atom is -0.508 e. The van der Waals surface area contributed by atoms with Gasteiger partial charge in [0.25, 0.3) is 0 Å². The van der Waals surface area contributed by atoms with Crippen molar-refractivity contribution in [3.05, 3.63) is 42.6 Å². The van der Waals surface area contributed by atoms with Crippen LogP contribution in [-0.4, -0.2) is 16.5 Å². The van der Waals surface area contributed by atoms with E-state index in [0.29, 0.717) is 17.7 Å². The molecule has 0 radical (unpaired) electrons. The Morgan fingerprint density at radius 1 is 1.44 bits per heavy atom. The van der Waals surface area contributed by atoms with Gasteiger partial charge < -0.3 is 10.4 Å². The second kappa shape index (κ2) is 4.02. The summed E-state index contributed by atoms with van der Waals surface area (Å²) >= 11 is 0. The van der Waals surface area contributed by atoms with E-state index in [0.717, 1.165) is 10.9 Å². The van der Waals surface area contributed by atoms with Gasteiger partial charge in [-0.3, -0.25) is 9.78 Å². The third kappa shape index (κ3) is 1.86. The Morgan fingerprint density at radius 3 is 3.00 bits per heavy atom. The van der Waals surface area contributed by atoms with E-state index in [2.05, 4.69) is 16.9 Å². The van der Waals surface area contributed by atoms with E-state index in [1.165, 1.54) is 0 Å². The Balaban J connectivity index is 2.50. The van der Waals surface area contributed by atoms with Crippen LogP contribution >= 0.6 is 0 Å². The van der Waals surface area contributed by atoms with Crippen molar-refractivity contribution in [3.63, 3.8) is 0 Å². The number of rotatable bonds is 3. The number of pyridine rings is 1. The molecule has 2 aromatic rings. The minimum absolute atomic E-state index is 0.181. The number of amides is 1. The van der Waals surface area contributed by atoms with Crippen molar-refractivity contribution >= 4 is 23.0 Å². The number of aromatic nitrogens is 1. The average molecular weight is 214 g/mol. The van der Waals surface area contributed by atoms with Gasteiger partial charge in [0.15, 0.2) is 0 Å². The van der Waals surface area contributed by atoms with Gasteiger partial charge in [-0.15, -0.1) is 0 Å². The first-order chi connectivity index (χ1) is 7.70. The normalized spacial score (nSPS) is 10.0. The summed E-state index contributed by atoms with van der Waals surface area (Å²) < 4.78 is 0. The van der Waals surface area contributed by atoms with Gasteiger partial charge in [-0.05, 0) is 24.3 Å². The lowest BCUT2D eigenvalue weighted by molar-refractivity contribution is -0.108. The number of hydrogen-bond acceptors (Lipinski definition) is 3. The largest absolute Gasteiger partial charge is 0.508 e. The molecule has 0 atom stereocenters. The maximum atomic E-state index is 10.3. The third-order valence-electron chi connectivity index (χ3n) is 2.25. The van der Waals surface area contributed by atoms with Crippen molar-refractivity contribution in [2.24, 2.45) is 0 Å². The summed E-state index contributed by atoms with van der Waals surface area (Å²) in [6.07, 6.45) is 2.19. The molecular weight excluding hydrogens is 204 g/mol. The zero-order valence-corrected chi connectivity index (χ0v) is 8.47. The predicted molar refractivity (Wildman–Crippen MR) is 61.6 cm³/mol. The number of hydrogen-bond donors (Lipinski definition) is 2. The average Bonchev–Trinajstić information content (AvgIpc) is 2.28. The summed E-state index contributed by atoms with van der Waals surface area (Å²) in [5.74, 6) is 0.181. The molecule has 1 aromatic heterocycles. The smallest absolute Gasteiger partial charge is 0.211 e. The lowest BCUT2D eigenvalue weighted by Crippen LogP contribution is -2.07. The highest BCUT2D eigenvalue weighted by atomic mass is 16.3. The van der Waals surface area contributed by atoms with E-state index >= 15 is 0 Å². The number of fused-ring (bicyclic) bond motifs is 1. The number of phenols is 1. The highest BCUT2D eigenvalue weighted by Crippen LogP contribution is 2.20. The van der Waals surface area contributed by atoms with Gasteiger partial charge in [-0.1, -0.05) is 6.58 Å². The van der Waals surface area contributed by atoms with Crippen molar-refractivity contribution < 1.29 is 9.90 Å². The van der Waals surface area contributed by atoms with E-state index in [1.54, 1.807) is 30.5 Å². The van der Waals surface area contributed by atoms with Crippen LogP contribution < -0.4 is 5.32 Å². The number of benzene rings is 1. The van der Waals surface area contributed by atoms with Crippen LogP contribution in [0.1, 0.15) is 5.56 Å². The van der Waals surface area contributed by atoms with Gasteiger partial charge in [0.05, 0.1) is 5.52 Å². The summed E-state index contributed by atoms with van der Waals surface area (Å²) in [4.78, 5) is 14.5. The molecule has 2 rings (SSSR count). The van der Waals surface area contributed by atoms with Gasteiger partial charge in [-0.25, -0.2) is 0 Å². The van der Waals surface area contributed by atoms with Crippen LogP contribution in [0.4, 0.5) is 0 Å². The standard InChI is InChI=1S/C12H10N2O2/c1-8(14-7-15)10-4-9-5-11(16)2-3-12(9)13-6-10/h2-7,16H,1H2,(H,14,15). The van der Waals surface area contributed by atoms with Crippen molar-refractivity contribution in [2.45, 2.75) is 0 Å². The molecule has 4 nitrogen and oxygen atoms in total. The molecule has 1 heterocycles. The molecule has 1 amide bonds. The van der Waals surface area contributed by atoms with Gasteiger partial charge in [-0.2, -0.15) is 0 Å². The predicted octanol–water partition coefficient (Wildman–Crippen LogP) is 1.66. The molecule has 0 saturated carbocycles. The number of aromatic hydroxyl groups is 1. The maximum absolute atomic E-state index is 10.3. The Hall–Kier alpha value is -2.36. The van der Waals surface area contributed by atoms with Crippen molar-refractivity contribution in [2.75, 3.05) is 0 Å². The lowest BCUT2D eigenvalue weighted by atomic mass is 10.1. The fraction of sp³-hybridized carbons (Fsp3) is 0. The lowest BCUT2D eigenvalue weighted by Gasteiger charge is -2.05. The molecule has 0 aliphatic rings. The quantitative estimate of drug-likeness (QED) is 0.764. The molecule has 4 heteroatoms. The molecule has 0 bridgehead atoms. The van der Waals surface area contributed by atoms with Gasteiger partial charge in [0.2, 0.25) is 6.41 Å². The first-order valence-electron chi connectivity index (χ1n) is 4.69. The Kier molecular flexibility index (Phi) is 2.55. The molecule has 0 fully saturated rings. The monoisotopic (exact) mass is 214 g/mol. The molecule has 1 aromatic carbocycles. The fourth-order valence-electron chi connectivity index (χ4n) is 1.44. The van der Waals surface area contributed by atoms with Crippen molar-refractivity contribution in [1.29, 1.82) is 0 Å². The molecule has 0 spiro atoms. The van der Waals surface area contributed by atoms with Crippen LogP contribution in [0.15, 0.2) is 37.0 Å². The van der Waals surface area contributed by atoms with E-state index < -0.39 is 0 Å². The molecule has 16 heavy (non-hydrogen) atoms. The minimum atomic E-state index is 0.181. The number of nitrogens with one attached hydrogen (secondary N) is 1. The molecular formula is C12H10N2O2. The summed E-state index contributed by atoms with van der Waals surface area (Å²) in [5.41, 5.74) is 1.97. The Morgan fingerprint density at radius 2 is 2.25 bits per heavy atom. The van der Waals surface area contributed by atoms with Crippen LogP contribution in [-0.2, 0) is 4.79 Å². The zero-order chi connectivity index (χ0) is 11.5. The topological polar surface area (TPSA) is 62.2 Å². The van der Waals surface area contributed by atoms with Gasteiger partial charge >= 0.3 is 0 Å². The van der Waals surface area contributed by atoms with Gasteiger partial charge in [0, 0.05) is 22.8 Å². The summed E-state index contributed by atoms with van der Waals surface area (Å²) in [6.45, 7) is 3.70. The van der Waals surface area contributed by atoms with Gasteiger partial charge in [0.1, 0.15) is 5.75 Å². The summed E-state index contributed by atoms with van der Waals surface area (Å²) in [7, 11) is 0. The SMILES string of the molecule is C=C(NC=O)c1cnc2ccc(O)cc2c1. The number of nitrogens with zero attached hydrogens (tertiary/aromatic N) is 1. The molecule has 80 valence electrons. The first kappa shape index (κ1) is 10.2. The van der Waals surface area contributed by atoms with Crippen molar-refractivity contribution in [3.8, 4) is 5.75 Å². The number of carbonyl (C=O) groups excluding carboxylic acids is 1. The number of phenolic OH excluding ortho intramolecular Hbond substituents is 1. The van der Waals surface area contributed by atoms with E-state index in [1.807, 2.05) is 0 Å². The van der Waals surface area contributed by atoms with Crippen LogP contribution in [0.25, 0.3) is 16.6 Å². The summed E-state index contributed by atoms with van der Waals surface area (Å²) in [5, 5.41) is 12.6. The van der Waals surface area contributed by atoms with E-state index in [9.17, 15) is 9.90 Å². The maximum Gasteiger partial charge on any atom is 0.211 e. The molecule has 0 saturated heterocycles. The van der Waals surface area contributed by atoms with E-state index in [4.69, 9.17) is 0 Å². The zero-order valence-electron chi connectivity index (χ0n) is 8.47. The van der Waals surface area contributed by atoms with Crippen LogP contribution in [0, 0.1) is 0 Å². The highest BCUT2D eigenvalue weighted by molar-refractivity contribution is 5.84. The van der Waals surface area contributed by atoms with Crippen LogP contribution in [0.2, 0.25) is 0 Å². The first-order valence-corrected chi connectivity index (χ1v) is 4.69. The van der Waals surface area contributed by atoms with Crippen LogP contribution in [0.5, 0.6) is 5.75 Å². The van der Waals surface area contributed by atoms with E-state index in [-0.39, 0.29) is 5.75 Å². The Bertz CT molecular complexity index is 564. The fourth-order valence-corrected chi connectivity index (χ4v) is 1.44. The van der Waals surface area contributed by atoms with Crippen LogP contribution in [0.3, 0.4) is 0 Å². The second-order valence-electron chi connectivity index (χ2n) is 3.34. The molecule has 0 aliphatic heterocycles. The van der Waals surface area contributed by atoms with Crippen molar-refractivity contribution in [1.82, 2.24) is 10.3 Å².